The highest BCUT2D eigenvalue weighted by Crippen LogP contribution is 2.16. The lowest BCUT2D eigenvalue weighted by atomic mass is 10.1. The van der Waals surface area contributed by atoms with E-state index >= 15 is 0 Å². The van der Waals surface area contributed by atoms with E-state index in [1.165, 1.54) is 4.90 Å². The third kappa shape index (κ3) is 3.74. The Morgan fingerprint density at radius 1 is 1.31 bits per heavy atom. The van der Waals surface area contributed by atoms with Crippen molar-refractivity contribution in [2.45, 2.75) is 32.3 Å². The van der Waals surface area contributed by atoms with E-state index in [9.17, 15) is 0 Å². The van der Waals surface area contributed by atoms with Crippen LogP contribution >= 0.6 is 24.8 Å². The number of nitrogens with one attached hydrogen (secondary N) is 1. The molecule has 2 aliphatic heterocycles. The molecule has 2 aliphatic rings. The van der Waals surface area contributed by atoms with Gasteiger partial charge in [-0.1, -0.05) is 6.85 Å². The summed E-state index contributed by atoms with van der Waals surface area (Å²) in [7, 11) is 0. The zero-order chi connectivity index (χ0) is 14.3. The third-order valence-electron chi connectivity index (χ3n) is 3.42. The molecule has 2 saturated heterocycles. The molecule has 0 amide bonds. The lowest BCUT2D eigenvalue weighted by Gasteiger charge is -2.38. The number of halogens is 2. The molecule has 0 aromatic heterocycles. The molecule has 3 nitrogen and oxygen atoms in total. The Bertz CT molecular complexity index is 321. The van der Waals surface area contributed by atoms with Gasteiger partial charge in [-0.3, -0.25) is 4.90 Å². The van der Waals surface area contributed by atoms with Crippen LogP contribution in [0.4, 0.5) is 0 Å². The van der Waals surface area contributed by atoms with Crippen molar-refractivity contribution in [3.05, 3.63) is 0 Å². The van der Waals surface area contributed by atoms with Crippen LogP contribution in [-0.4, -0.2) is 61.1 Å². The van der Waals surface area contributed by atoms with Gasteiger partial charge in [-0.05, 0) is 26.4 Å². The van der Waals surface area contributed by atoms with Crippen molar-refractivity contribution < 1.29 is 6.85 Å². The smallest absolute Gasteiger partial charge is 0.0428 e. The van der Waals surface area contributed by atoms with Gasteiger partial charge in [-0.2, -0.15) is 0 Å². The summed E-state index contributed by atoms with van der Waals surface area (Å²) in [5.74, 6) is 0. The van der Waals surface area contributed by atoms with Gasteiger partial charge in [0.2, 0.25) is 0 Å². The van der Waals surface area contributed by atoms with Gasteiger partial charge in [-0.25, -0.2) is 0 Å². The van der Waals surface area contributed by atoms with Gasteiger partial charge < -0.3 is 10.2 Å². The zero-order valence-electron chi connectivity index (χ0n) is 14.6. The molecule has 2 heterocycles. The number of likely N-dealkylation sites (N-methyl/N-ethyl adjacent to an activating group) is 1. The lowest BCUT2D eigenvalue weighted by Crippen LogP contribution is -2.52. The monoisotopic (exact) mass is 274 g/mol. The van der Waals surface area contributed by atoms with Gasteiger partial charge in [-0.15, -0.1) is 24.8 Å². The van der Waals surface area contributed by atoms with Crippen molar-refractivity contribution in [1.82, 2.24) is 15.1 Å². The number of hydrogen-bond acceptors (Lipinski definition) is 3. The van der Waals surface area contributed by atoms with Crippen LogP contribution in [0.3, 0.4) is 0 Å². The van der Waals surface area contributed by atoms with Gasteiger partial charge in [0.25, 0.3) is 0 Å². The molecular formula is C11H25Cl2N3. The summed E-state index contributed by atoms with van der Waals surface area (Å²) in [5.41, 5.74) is 0. The van der Waals surface area contributed by atoms with Crippen molar-refractivity contribution in [2.24, 2.45) is 0 Å². The maximum absolute atomic E-state index is 7.79. The SMILES string of the molecule is Cl.Cl.[2H]C([2H])([2H])C([2H])([2H])N1CCN([C@H]2CCN[C@H]2C)CC1. The first-order valence-electron chi connectivity index (χ1n) is 7.96. The Morgan fingerprint density at radius 2 is 2.00 bits per heavy atom. The normalized spacial score (nSPS) is 38.2. The van der Waals surface area contributed by atoms with Gasteiger partial charge in [0, 0.05) is 45.1 Å². The Labute approximate surface area is 119 Å². The van der Waals surface area contributed by atoms with Crippen LogP contribution in [0.25, 0.3) is 0 Å². The quantitative estimate of drug-likeness (QED) is 0.817. The summed E-state index contributed by atoms with van der Waals surface area (Å²) >= 11 is 0. The molecule has 1 N–H and O–H groups in total. The van der Waals surface area contributed by atoms with Gasteiger partial charge >= 0.3 is 0 Å². The van der Waals surface area contributed by atoms with Gasteiger partial charge in [0.05, 0.1) is 0 Å². The molecule has 16 heavy (non-hydrogen) atoms. The van der Waals surface area contributed by atoms with E-state index in [2.05, 4.69) is 17.1 Å². The second-order valence-electron chi connectivity index (χ2n) is 4.23. The highest BCUT2D eigenvalue weighted by atomic mass is 35.5. The molecule has 2 atom stereocenters. The first-order chi connectivity index (χ1) is 8.73. The van der Waals surface area contributed by atoms with Crippen molar-refractivity contribution >= 4 is 24.8 Å². The van der Waals surface area contributed by atoms with Crippen molar-refractivity contribution in [1.29, 1.82) is 0 Å². The molecule has 0 saturated carbocycles. The molecule has 98 valence electrons. The van der Waals surface area contributed by atoms with Crippen molar-refractivity contribution in [2.75, 3.05) is 39.2 Å². The number of hydrogen-bond donors (Lipinski definition) is 1. The summed E-state index contributed by atoms with van der Waals surface area (Å²) in [6, 6.07) is 0.965. The lowest BCUT2D eigenvalue weighted by molar-refractivity contribution is 0.0955. The molecule has 2 rings (SSSR count). The summed E-state index contributed by atoms with van der Waals surface area (Å²) in [5, 5.41) is 3.41. The van der Waals surface area contributed by atoms with Crippen LogP contribution in [-0.2, 0) is 0 Å². The first kappa shape index (κ1) is 9.40. The molecule has 0 aromatic carbocycles. The molecule has 0 aromatic rings. The van der Waals surface area contributed by atoms with E-state index < -0.39 is 13.3 Å². The second kappa shape index (κ2) is 7.72. The minimum Gasteiger partial charge on any atom is -0.313 e. The third-order valence-corrected chi connectivity index (χ3v) is 3.42. The minimum atomic E-state index is -2.59. The fourth-order valence-corrected chi connectivity index (χ4v) is 2.51. The first-order valence-corrected chi connectivity index (χ1v) is 5.46. The topological polar surface area (TPSA) is 18.5 Å². The zero-order valence-corrected chi connectivity index (χ0v) is 11.2. The molecule has 0 aliphatic carbocycles. The van der Waals surface area contributed by atoms with E-state index in [4.69, 9.17) is 6.85 Å². The van der Waals surface area contributed by atoms with Crippen molar-refractivity contribution in [3.63, 3.8) is 0 Å². The molecular weight excluding hydrogens is 245 g/mol. The van der Waals surface area contributed by atoms with Gasteiger partial charge in [0.1, 0.15) is 0 Å². The van der Waals surface area contributed by atoms with Crippen LogP contribution in [0.1, 0.15) is 27.1 Å². The fraction of sp³-hybridized carbons (Fsp3) is 1.00. The highest BCUT2D eigenvalue weighted by Gasteiger charge is 2.30. The maximum Gasteiger partial charge on any atom is 0.0428 e. The molecule has 0 radical (unpaired) electrons. The average molecular weight is 275 g/mol. The van der Waals surface area contributed by atoms with Gasteiger partial charge in [0.15, 0.2) is 0 Å². The Kier molecular flexibility index (Phi) is 4.54. The second-order valence-corrected chi connectivity index (χ2v) is 4.23. The van der Waals surface area contributed by atoms with E-state index in [1.807, 2.05) is 0 Å². The number of piperazine rings is 1. The Hall–Kier alpha value is 0.460. The van der Waals surface area contributed by atoms with Crippen LogP contribution in [0.15, 0.2) is 0 Å². The number of nitrogens with zero attached hydrogens (tertiary/aromatic N) is 2. The van der Waals surface area contributed by atoms with E-state index in [0.717, 1.165) is 26.1 Å². The average Bonchev–Trinajstić information content (AvgIpc) is 2.74. The fourth-order valence-electron chi connectivity index (χ4n) is 2.51. The minimum absolute atomic E-state index is 0. The molecule has 2 fully saturated rings. The van der Waals surface area contributed by atoms with Crippen LogP contribution in [0.5, 0.6) is 0 Å². The largest absolute Gasteiger partial charge is 0.313 e. The van der Waals surface area contributed by atoms with Crippen LogP contribution in [0.2, 0.25) is 0 Å². The number of rotatable bonds is 2. The van der Waals surface area contributed by atoms with E-state index in [0.29, 0.717) is 25.2 Å². The van der Waals surface area contributed by atoms with Crippen LogP contribution in [0, 0.1) is 0 Å². The van der Waals surface area contributed by atoms with E-state index in [-0.39, 0.29) is 24.8 Å². The molecule has 5 heteroatoms. The molecule has 0 bridgehead atoms. The van der Waals surface area contributed by atoms with Crippen LogP contribution < -0.4 is 5.32 Å². The van der Waals surface area contributed by atoms with Crippen molar-refractivity contribution in [3.8, 4) is 0 Å². The Balaban J connectivity index is 0.00000200. The van der Waals surface area contributed by atoms with E-state index in [1.54, 1.807) is 0 Å². The summed E-state index contributed by atoms with van der Waals surface area (Å²) < 4.78 is 37.5. The summed E-state index contributed by atoms with van der Waals surface area (Å²) in [6.45, 7) is 0.839. The summed E-state index contributed by atoms with van der Waals surface area (Å²) in [6.07, 6.45) is 1.12. The predicted octanol–water partition coefficient (Wildman–Crippen LogP) is 1.22. The predicted molar refractivity (Wildman–Crippen MR) is 74.1 cm³/mol. The Morgan fingerprint density at radius 3 is 2.50 bits per heavy atom. The standard InChI is InChI=1S/C11H23N3.2ClH/c1-3-13-6-8-14(9-7-13)11-4-5-12-10(11)2;;/h10-12H,3-9H2,1-2H3;2*1H/t10-,11-;;/m0../s1/i1D3,3D2;;. The summed E-state index contributed by atoms with van der Waals surface area (Å²) in [4.78, 5) is 3.82. The maximum atomic E-state index is 7.79. The molecule has 0 spiro atoms. The molecule has 0 unspecified atom stereocenters. The highest BCUT2D eigenvalue weighted by molar-refractivity contribution is 5.85.